The summed E-state index contributed by atoms with van der Waals surface area (Å²) in [6.45, 7) is 6.76. The number of aliphatic imine (C=N–C) groups is 1. The first-order valence-corrected chi connectivity index (χ1v) is 7.67. The molecule has 1 aliphatic heterocycles. The molecule has 5 heteroatoms. The molecule has 2 rings (SSSR count). The van der Waals surface area contributed by atoms with E-state index in [1.54, 1.807) is 6.08 Å². The van der Waals surface area contributed by atoms with Crippen LogP contribution in [-0.2, 0) is 6.54 Å². The van der Waals surface area contributed by atoms with Crippen LogP contribution in [0, 0.1) is 0 Å². The van der Waals surface area contributed by atoms with Gasteiger partial charge in [0.05, 0.1) is 6.54 Å². The van der Waals surface area contributed by atoms with Crippen molar-refractivity contribution >= 4 is 29.9 Å². The summed E-state index contributed by atoms with van der Waals surface area (Å²) in [5, 5.41) is 0. The molecule has 22 heavy (non-hydrogen) atoms. The van der Waals surface area contributed by atoms with E-state index >= 15 is 0 Å². The maximum Gasteiger partial charge on any atom is 0.191 e. The van der Waals surface area contributed by atoms with Crippen molar-refractivity contribution in [2.24, 2.45) is 10.7 Å². The number of ether oxygens (including phenoxy) is 1. The molecule has 122 valence electrons. The smallest absolute Gasteiger partial charge is 0.191 e. The highest BCUT2D eigenvalue weighted by Crippen LogP contribution is 2.19. The Hall–Kier alpha value is -1.24. The van der Waals surface area contributed by atoms with Gasteiger partial charge in [-0.25, -0.2) is 4.99 Å². The van der Waals surface area contributed by atoms with Gasteiger partial charge in [0.15, 0.2) is 5.96 Å². The first kappa shape index (κ1) is 18.8. The Morgan fingerprint density at radius 2 is 1.91 bits per heavy atom. The second-order valence-electron chi connectivity index (χ2n) is 5.28. The monoisotopic (exact) mass is 415 g/mol. The van der Waals surface area contributed by atoms with Gasteiger partial charge in [-0.15, -0.1) is 24.0 Å². The average molecular weight is 415 g/mol. The second kappa shape index (κ2) is 10.5. The first-order chi connectivity index (χ1) is 10.3. The normalized spacial score (nSPS) is 15.6. The second-order valence-corrected chi connectivity index (χ2v) is 5.28. The molecule has 1 aliphatic rings. The molecule has 4 nitrogen and oxygen atoms in total. The Balaban J connectivity index is 0.00000242. The molecule has 1 aromatic rings. The average Bonchev–Trinajstić information content (AvgIpc) is 2.80. The van der Waals surface area contributed by atoms with Gasteiger partial charge < -0.3 is 15.4 Å². The fourth-order valence-electron chi connectivity index (χ4n) is 2.49. The maximum absolute atomic E-state index is 6.13. The van der Waals surface area contributed by atoms with Crippen LogP contribution in [0.25, 0.3) is 0 Å². The lowest BCUT2D eigenvalue weighted by Gasteiger charge is -2.21. The van der Waals surface area contributed by atoms with E-state index in [2.05, 4.69) is 16.5 Å². The van der Waals surface area contributed by atoms with E-state index in [1.165, 1.54) is 25.7 Å². The molecule has 2 N–H and O–H groups in total. The minimum atomic E-state index is 0. The van der Waals surface area contributed by atoms with Crippen molar-refractivity contribution in [3.8, 4) is 5.75 Å². The van der Waals surface area contributed by atoms with Crippen molar-refractivity contribution in [2.75, 3.05) is 19.7 Å². The molecular formula is C17H26IN3O. The molecule has 1 aromatic carbocycles. The van der Waals surface area contributed by atoms with E-state index in [0.717, 1.165) is 24.4 Å². The highest BCUT2D eigenvalue weighted by molar-refractivity contribution is 14.0. The number of benzene rings is 1. The van der Waals surface area contributed by atoms with Crippen LogP contribution in [0.2, 0.25) is 0 Å². The molecule has 0 bridgehead atoms. The number of hydrogen-bond donors (Lipinski definition) is 1. The van der Waals surface area contributed by atoms with Crippen LogP contribution in [0.4, 0.5) is 0 Å². The van der Waals surface area contributed by atoms with Crippen LogP contribution < -0.4 is 10.5 Å². The Morgan fingerprint density at radius 1 is 1.23 bits per heavy atom. The van der Waals surface area contributed by atoms with Gasteiger partial charge in [0, 0.05) is 18.7 Å². The van der Waals surface area contributed by atoms with Crippen LogP contribution in [0.5, 0.6) is 5.75 Å². The largest absolute Gasteiger partial charge is 0.489 e. The summed E-state index contributed by atoms with van der Waals surface area (Å²) >= 11 is 0. The zero-order valence-electron chi connectivity index (χ0n) is 13.0. The van der Waals surface area contributed by atoms with Crippen LogP contribution in [0.15, 0.2) is 41.9 Å². The molecule has 0 amide bonds. The molecule has 0 spiro atoms. The van der Waals surface area contributed by atoms with Gasteiger partial charge in [-0.3, -0.25) is 0 Å². The maximum atomic E-state index is 6.13. The Morgan fingerprint density at radius 3 is 2.59 bits per heavy atom. The number of hydrogen-bond acceptors (Lipinski definition) is 2. The molecule has 0 atom stereocenters. The summed E-state index contributed by atoms with van der Waals surface area (Å²) in [7, 11) is 0. The summed E-state index contributed by atoms with van der Waals surface area (Å²) < 4.78 is 5.64. The number of guanidine groups is 1. The zero-order chi connectivity index (χ0) is 14.9. The van der Waals surface area contributed by atoms with Crippen LogP contribution in [0.1, 0.15) is 31.2 Å². The summed E-state index contributed by atoms with van der Waals surface area (Å²) in [5.74, 6) is 1.50. The minimum absolute atomic E-state index is 0. The summed E-state index contributed by atoms with van der Waals surface area (Å²) in [6, 6.07) is 7.94. The van der Waals surface area contributed by atoms with Crippen molar-refractivity contribution in [2.45, 2.75) is 32.2 Å². The number of para-hydroxylation sites is 1. The topological polar surface area (TPSA) is 50.9 Å². The highest BCUT2D eigenvalue weighted by atomic mass is 127. The lowest BCUT2D eigenvalue weighted by atomic mass is 10.2. The van der Waals surface area contributed by atoms with Crippen LogP contribution in [0.3, 0.4) is 0 Å². The van der Waals surface area contributed by atoms with E-state index in [4.69, 9.17) is 10.5 Å². The van der Waals surface area contributed by atoms with Gasteiger partial charge in [-0.1, -0.05) is 43.7 Å². The van der Waals surface area contributed by atoms with E-state index in [-0.39, 0.29) is 24.0 Å². The molecular weight excluding hydrogens is 389 g/mol. The molecule has 0 unspecified atom stereocenters. The standard InChI is InChI=1S/C17H25N3O.HI/c1-2-13-21-16-10-6-5-9-15(16)14-19-17(18)20-11-7-3-4-8-12-20;/h2,5-6,9-10H,1,3-4,7-8,11-14H2,(H2,18,19);1H. The molecule has 0 radical (unpaired) electrons. The van der Waals surface area contributed by atoms with Gasteiger partial charge in [-0.05, 0) is 18.9 Å². The fraction of sp³-hybridized carbons (Fsp3) is 0.471. The molecule has 0 saturated carbocycles. The van der Waals surface area contributed by atoms with Crippen molar-refractivity contribution in [1.82, 2.24) is 4.90 Å². The van der Waals surface area contributed by atoms with Crippen LogP contribution >= 0.6 is 24.0 Å². The molecule has 0 aromatic heterocycles. The van der Waals surface area contributed by atoms with Crippen molar-refractivity contribution in [1.29, 1.82) is 0 Å². The third-order valence-corrected chi connectivity index (χ3v) is 3.67. The van der Waals surface area contributed by atoms with Crippen LogP contribution in [-0.4, -0.2) is 30.6 Å². The number of rotatable bonds is 5. The minimum Gasteiger partial charge on any atom is -0.489 e. The summed E-state index contributed by atoms with van der Waals surface area (Å²) in [4.78, 5) is 6.74. The fourth-order valence-corrected chi connectivity index (χ4v) is 2.49. The zero-order valence-corrected chi connectivity index (χ0v) is 15.4. The molecule has 1 fully saturated rings. The number of halogens is 1. The molecule has 0 aliphatic carbocycles. The third-order valence-electron chi connectivity index (χ3n) is 3.67. The predicted octanol–water partition coefficient (Wildman–Crippen LogP) is 3.56. The number of nitrogens with zero attached hydrogens (tertiary/aromatic N) is 2. The summed E-state index contributed by atoms with van der Waals surface area (Å²) in [5.41, 5.74) is 7.19. The SMILES string of the molecule is C=CCOc1ccccc1CN=C(N)N1CCCCCC1.I. The van der Waals surface area contributed by atoms with Gasteiger partial charge in [0.1, 0.15) is 12.4 Å². The predicted molar refractivity (Wildman–Crippen MR) is 103 cm³/mol. The lowest BCUT2D eigenvalue weighted by molar-refractivity contribution is 0.359. The quantitative estimate of drug-likeness (QED) is 0.346. The molecule has 1 heterocycles. The Kier molecular flexibility index (Phi) is 8.96. The van der Waals surface area contributed by atoms with Crippen molar-refractivity contribution < 1.29 is 4.74 Å². The van der Waals surface area contributed by atoms with Gasteiger partial charge >= 0.3 is 0 Å². The Labute approximate surface area is 150 Å². The number of nitrogens with two attached hydrogens (primary N) is 1. The highest BCUT2D eigenvalue weighted by Gasteiger charge is 2.11. The van der Waals surface area contributed by atoms with E-state index in [9.17, 15) is 0 Å². The number of likely N-dealkylation sites (tertiary alicyclic amines) is 1. The first-order valence-electron chi connectivity index (χ1n) is 7.67. The van der Waals surface area contributed by atoms with E-state index in [1.807, 2.05) is 24.3 Å². The third kappa shape index (κ3) is 5.87. The summed E-state index contributed by atoms with van der Waals surface area (Å²) in [6.07, 6.45) is 6.74. The van der Waals surface area contributed by atoms with E-state index in [0.29, 0.717) is 19.1 Å². The van der Waals surface area contributed by atoms with Crippen molar-refractivity contribution in [3.63, 3.8) is 0 Å². The molecule has 1 saturated heterocycles. The lowest BCUT2D eigenvalue weighted by Crippen LogP contribution is -2.38. The van der Waals surface area contributed by atoms with Gasteiger partial charge in [-0.2, -0.15) is 0 Å². The van der Waals surface area contributed by atoms with Gasteiger partial charge in [0.2, 0.25) is 0 Å². The van der Waals surface area contributed by atoms with Gasteiger partial charge in [0.25, 0.3) is 0 Å². The van der Waals surface area contributed by atoms with Crippen molar-refractivity contribution in [3.05, 3.63) is 42.5 Å². The Bertz CT molecular complexity index is 483. The van der Waals surface area contributed by atoms with E-state index < -0.39 is 0 Å².